The highest BCUT2D eigenvalue weighted by Crippen LogP contribution is 2.24. The van der Waals surface area contributed by atoms with E-state index in [1.165, 1.54) is 0 Å². The molecule has 0 bridgehead atoms. The molecule has 2 aromatic carbocycles. The minimum absolute atomic E-state index is 0.144. The van der Waals surface area contributed by atoms with Crippen molar-refractivity contribution < 1.29 is 0 Å². The van der Waals surface area contributed by atoms with E-state index in [-0.39, 0.29) is 5.69 Å². The number of hydrogen-bond donors (Lipinski definition) is 2. The molecule has 2 N–H and O–H groups in total. The average Bonchev–Trinajstić information content (AvgIpc) is 2.76. The highest BCUT2D eigenvalue weighted by molar-refractivity contribution is 5.90. The number of anilines is 2. The molecule has 1 heterocycles. The Morgan fingerprint density at radius 3 is 2.65 bits per heavy atom. The van der Waals surface area contributed by atoms with E-state index in [0.717, 1.165) is 22.4 Å². The van der Waals surface area contributed by atoms with Crippen molar-refractivity contribution in [2.45, 2.75) is 0 Å². The fourth-order valence-corrected chi connectivity index (χ4v) is 2.19. The number of aromatic amines is 1. The smallest absolute Gasteiger partial charge is 0.326 e. The Hall–Kier alpha value is -3.00. The van der Waals surface area contributed by atoms with Crippen LogP contribution >= 0.6 is 0 Å². The van der Waals surface area contributed by atoms with Crippen LogP contribution < -0.4 is 11.0 Å². The van der Waals surface area contributed by atoms with E-state index in [4.69, 9.17) is 5.26 Å². The van der Waals surface area contributed by atoms with E-state index < -0.39 is 0 Å². The number of benzene rings is 2. The van der Waals surface area contributed by atoms with Crippen LogP contribution in [0.4, 0.5) is 11.4 Å². The van der Waals surface area contributed by atoms with E-state index in [1.807, 2.05) is 30.3 Å². The lowest BCUT2D eigenvalue weighted by Crippen LogP contribution is -2.12. The summed E-state index contributed by atoms with van der Waals surface area (Å²) in [6.07, 6.45) is 0. The molecule has 0 amide bonds. The summed E-state index contributed by atoms with van der Waals surface area (Å²) in [6.45, 7) is 0. The summed E-state index contributed by atoms with van der Waals surface area (Å²) in [7, 11) is 1.73. The molecule has 0 radical (unpaired) electrons. The van der Waals surface area contributed by atoms with Crippen molar-refractivity contribution in [3.8, 4) is 6.07 Å². The summed E-state index contributed by atoms with van der Waals surface area (Å²) in [4.78, 5) is 14.5. The molecule has 0 saturated heterocycles. The fourth-order valence-electron chi connectivity index (χ4n) is 2.19. The van der Waals surface area contributed by atoms with Gasteiger partial charge < -0.3 is 10.3 Å². The molecule has 20 heavy (non-hydrogen) atoms. The van der Waals surface area contributed by atoms with E-state index >= 15 is 0 Å². The lowest BCUT2D eigenvalue weighted by Gasteiger charge is -2.08. The zero-order chi connectivity index (χ0) is 14.1. The summed E-state index contributed by atoms with van der Waals surface area (Å²) in [6, 6.07) is 14.9. The molecule has 3 aromatic rings. The Bertz CT molecular complexity index is 866. The maximum absolute atomic E-state index is 11.7. The minimum atomic E-state index is -0.144. The van der Waals surface area contributed by atoms with Crippen LogP contribution in [0.5, 0.6) is 0 Å². The van der Waals surface area contributed by atoms with Crippen molar-refractivity contribution in [1.29, 1.82) is 5.26 Å². The molecular weight excluding hydrogens is 252 g/mol. The van der Waals surface area contributed by atoms with Crippen LogP contribution in [0.3, 0.4) is 0 Å². The maximum Gasteiger partial charge on any atom is 0.326 e. The first-order chi connectivity index (χ1) is 9.69. The third-order valence-corrected chi connectivity index (χ3v) is 3.21. The summed E-state index contributed by atoms with van der Waals surface area (Å²) < 4.78 is 1.57. The van der Waals surface area contributed by atoms with Gasteiger partial charge in [-0.2, -0.15) is 5.26 Å². The number of H-pyrrole nitrogens is 1. The molecule has 3 rings (SSSR count). The van der Waals surface area contributed by atoms with Crippen molar-refractivity contribution >= 4 is 22.4 Å². The van der Waals surface area contributed by atoms with Gasteiger partial charge in [-0.05, 0) is 36.4 Å². The highest BCUT2D eigenvalue weighted by Gasteiger charge is 2.08. The monoisotopic (exact) mass is 264 g/mol. The highest BCUT2D eigenvalue weighted by atomic mass is 16.1. The molecule has 0 fully saturated rings. The molecule has 0 aliphatic heterocycles. The Balaban J connectivity index is 2.06. The number of nitrogens with zero attached hydrogens (tertiary/aromatic N) is 2. The number of nitriles is 1. The van der Waals surface area contributed by atoms with Crippen molar-refractivity contribution in [3.05, 3.63) is 58.5 Å². The van der Waals surface area contributed by atoms with Gasteiger partial charge in [0.05, 0.1) is 28.4 Å². The van der Waals surface area contributed by atoms with Gasteiger partial charge in [-0.3, -0.25) is 4.57 Å². The molecule has 0 spiro atoms. The molecule has 0 unspecified atom stereocenters. The van der Waals surface area contributed by atoms with Crippen LogP contribution in [0, 0.1) is 11.3 Å². The van der Waals surface area contributed by atoms with Gasteiger partial charge in [0.2, 0.25) is 0 Å². The van der Waals surface area contributed by atoms with E-state index in [9.17, 15) is 4.79 Å². The van der Waals surface area contributed by atoms with Crippen molar-refractivity contribution in [3.63, 3.8) is 0 Å². The molecule has 0 saturated carbocycles. The van der Waals surface area contributed by atoms with Gasteiger partial charge in [-0.15, -0.1) is 0 Å². The quantitative estimate of drug-likeness (QED) is 0.746. The molecule has 0 atom stereocenters. The van der Waals surface area contributed by atoms with Crippen LogP contribution in [0.25, 0.3) is 11.0 Å². The largest absolute Gasteiger partial charge is 0.354 e. The van der Waals surface area contributed by atoms with Crippen LogP contribution in [0.2, 0.25) is 0 Å². The molecule has 5 nitrogen and oxygen atoms in total. The zero-order valence-electron chi connectivity index (χ0n) is 10.8. The number of hydrogen-bond acceptors (Lipinski definition) is 3. The van der Waals surface area contributed by atoms with Gasteiger partial charge in [0.15, 0.2) is 0 Å². The third kappa shape index (κ3) is 1.93. The third-order valence-electron chi connectivity index (χ3n) is 3.21. The van der Waals surface area contributed by atoms with Gasteiger partial charge >= 0.3 is 5.69 Å². The Labute approximate surface area is 115 Å². The van der Waals surface area contributed by atoms with Gasteiger partial charge in [0, 0.05) is 12.7 Å². The summed E-state index contributed by atoms with van der Waals surface area (Å²) in [5.41, 5.74) is 3.79. The van der Waals surface area contributed by atoms with Crippen LogP contribution in [0.15, 0.2) is 47.3 Å². The van der Waals surface area contributed by atoms with Gasteiger partial charge in [-0.25, -0.2) is 4.79 Å². The first kappa shape index (κ1) is 12.1. The van der Waals surface area contributed by atoms with Gasteiger partial charge in [0.1, 0.15) is 0 Å². The number of para-hydroxylation sites is 1. The molecule has 98 valence electrons. The number of imidazole rings is 1. The summed E-state index contributed by atoms with van der Waals surface area (Å²) in [5.74, 6) is 0. The second-order valence-electron chi connectivity index (χ2n) is 4.51. The van der Waals surface area contributed by atoms with Crippen molar-refractivity contribution in [1.82, 2.24) is 9.55 Å². The molecule has 0 aliphatic carbocycles. The average molecular weight is 264 g/mol. The first-order valence-corrected chi connectivity index (χ1v) is 6.14. The molecular formula is C15H12N4O. The molecule has 1 aromatic heterocycles. The summed E-state index contributed by atoms with van der Waals surface area (Å²) in [5, 5.41) is 12.0. The molecule has 5 heteroatoms. The SMILES string of the molecule is Cn1c(=O)[nH]c2cccc(Nc3ccc(C#N)cc3)c21. The van der Waals surface area contributed by atoms with Crippen LogP contribution in [0.1, 0.15) is 5.56 Å². The zero-order valence-corrected chi connectivity index (χ0v) is 10.8. The van der Waals surface area contributed by atoms with E-state index in [2.05, 4.69) is 16.4 Å². The second kappa shape index (κ2) is 4.59. The lowest BCUT2D eigenvalue weighted by molar-refractivity contribution is 0.892. The predicted octanol–water partition coefficient (Wildman–Crippen LogP) is 2.48. The van der Waals surface area contributed by atoms with E-state index in [0.29, 0.717) is 5.56 Å². The summed E-state index contributed by atoms with van der Waals surface area (Å²) >= 11 is 0. The Morgan fingerprint density at radius 1 is 1.20 bits per heavy atom. The second-order valence-corrected chi connectivity index (χ2v) is 4.51. The topological polar surface area (TPSA) is 73.6 Å². The fraction of sp³-hybridized carbons (Fsp3) is 0.0667. The van der Waals surface area contributed by atoms with Crippen molar-refractivity contribution in [2.24, 2.45) is 7.05 Å². The minimum Gasteiger partial charge on any atom is -0.354 e. The number of fused-ring (bicyclic) bond motifs is 1. The van der Waals surface area contributed by atoms with Gasteiger partial charge in [0.25, 0.3) is 0 Å². The maximum atomic E-state index is 11.7. The Morgan fingerprint density at radius 2 is 1.95 bits per heavy atom. The number of aryl methyl sites for hydroxylation is 1. The Kier molecular flexibility index (Phi) is 2.77. The predicted molar refractivity (Wildman–Crippen MR) is 78.0 cm³/mol. The number of nitrogens with one attached hydrogen (secondary N) is 2. The number of aromatic nitrogens is 2. The molecule has 0 aliphatic rings. The van der Waals surface area contributed by atoms with Crippen molar-refractivity contribution in [2.75, 3.05) is 5.32 Å². The standard InChI is InChI=1S/C15H12N4O/c1-19-14-12(3-2-4-13(14)18-15(19)20)17-11-7-5-10(9-16)6-8-11/h2-8,17H,1H3,(H,18,20). The number of rotatable bonds is 2. The van der Waals surface area contributed by atoms with E-state index in [1.54, 1.807) is 23.7 Å². The first-order valence-electron chi connectivity index (χ1n) is 6.14. The van der Waals surface area contributed by atoms with Crippen LogP contribution in [-0.4, -0.2) is 9.55 Å². The van der Waals surface area contributed by atoms with Gasteiger partial charge in [-0.1, -0.05) is 6.07 Å². The lowest BCUT2D eigenvalue weighted by atomic mass is 10.2. The van der Waals surface area contributed by atoms with Crippen LogP contribution in [-0.2, 0) is 7.05 Å². The normalized spacial score (nSPS) is 10.4.